The number of imidazole rings is 1. The van der Waals surface area contributed by atoms with Crippen LogP contribution < -0.4 is 4.90 Å². The van der Waals surface area contributed by atoms with Crippen molar-refractivity contribution in [3.63, 3.8) is 0 Å². The fourth-order valence-electron chi connectivity index (χ4n) is 2.25. The summed E-state index contributed by atoms with van der Waals surface area (Å²) in [5.74, 6) is 0.827. The van der Waals surface area contributed by atoms with Crippen LogP contribution in [0, 0.1) is 0 Å². The number of fused-ring (bicyclic) bond motifs is 1. The van der Waals surface area contributed by atoms with Crippen LogP contribution in [0.5, 0.6) is 0 Å². The van der Waals surface area contributed by atoms with Crippen LogP contribution in [0.4, 0.5) is 5.82 Å². The first-order valence-corrected chi connectivity index (χ1v) is 7.74. The lowest BCUT2D eigenvalue weighted by Crippen LogP contribution is -2.32. The third-order valence-corrected chi connectivity index (χ3v) is 4.05. The summed E-state index contributed by atoms with van der Waals surface area (Å²) in [5.41, 5.74) is 0.668. The van der Waals surface area contributed by atoms with Crippen molar-refractivity contribution in [3.05, 3.63) is 17.3 Å². The largest absolute Gasteiger partial charge is 0.352 e. The maximum Gasteiger partial charge on any atom is 0.196 e. The minimum Gasteiger partial charge on any atom is -0.352 e. The van der Waals surface area contributed by atoms with Gasteiger partial charge in [0.25, 0.3) is 0 Å². The van der Waals surface area contributed by atoms with E-state index in [4.69, 9.17) is 0 Å². The molecule has 0 aliphatic heterocycles. The fourth-order valence-corrected chi connectivity index (χ4v) is 2.97. The van der Waals surface area contributed by atoms with E-state index in [-0.39, 0.29) is 0 Å². The Morgan fingerprint density at radius 3 is 2.89 bits per heavy atom. The predicted molar refractivity (Wildman–Crippen MR) is 80.5 cm³/mol. The average molecular weight is 279 g/mol. The molecule has 2 rings (SSSR count). The molecular formula is C14H21N3OS. The second kappa shape index (κ2) is 6.19. The zero-order valence-corrected chi connectivity index (χ0v) is 12.6. The summed E-state index contributed by atoms with van der Waals surface area (Å²) < 4.78 is 1.88. The Kier molecular flexibility index (Phi) is 4.58. The van der Waals surface area contributed by atoms with Gasteiger partial charge < -0.3 is 4.90 Å². The molecule has 0 bridgehead atoms. The van der Waals surface area contributed by atoms with Crippen molar-refractivity contribution >= 4 is 28.4 Å². The number of hydrogen-bond acceptors (Lipinski definition) is 4. The van der Waals surface area contributed by atoms with E-state index in [0.717, 1.165) is 30.0 Å². The molecule has 0 aliphatic carbocycles. The lowest BCUT2D eigenvalue weighted by Gasteiger charge is -2.27. The third kappa shape index (κ3) is 2.81. The van der Waals surface area contributed by atoms with E-state index in [1.807, 2.05) is 16.0 Å². The van der Waals surface area contributed by atoms with Gasteiger partial charge in [-0.25, -0.2) is 4.98 Å². The highest BCUT2D eigenvalue weighted by atomic mass is 32.1. The van der Waals surface area contributed by atoms with Crippen molar-refractivity contribution in [1.29, 1.82) is 0 Å². The van der Waals surface area contributed by atoms with Crippen LogP contribution in [0.15, 0.2) is 11.6 Å². The molecule has 0 saturated heterocycles. The highest BCUT2D eigenvalue weighted by Crippen LogP contribution is 2.25. The topological polar surface area (TPSA) is 37.6 Å². The lowest BCUT2D eigenvalue weighted by atomic mass is 10.2. The van der Waals surface area contributed by atoms with Crippen molar-refractivity contribution in [2.24, 2.45) is 0 Å². The van der Waals surface area contributed by atoms with Gasteiger partial charge in [0, 0.05) is 24.2 Å². The molecule has 0 atom stereocenters. The molecule has 0 fully saturated rings. The Labute approximate surface area is 118 Å². The van der Waals surface area contributed by atoms with Crippen LogP contribution >= 0.6 is 11.3 Å². The molecular weight excluding hydrogens is 258 g/mol. The van der Waals surface area contributed by atoms with E-state index in [1.54, 1.807) is 11.3 Å². The average Bonchev–Trinajstić information content (AvgIpc) is 2.94. The molecule has 0 aromatic carbocycles. The van der Waals surface area contributed by atoms with Gasteiger partial charge >= 0.3 is 0 Å². The summed E-state index contributed by atoms with van der Waals surface area (Å²) in [7, 11) is 0. The standard InChI is InChI=1S/C14H21N3OS/c1-4-5-6-7-16(11(2)3)13-12(10-18)17-8-9-19-14(17)15-13/h8-11H,4-7H2,1-3H3. The maximum atomic E-state index is 11.4. The molecule has 0 radical (unpaired) electrons. The summed E-state index contributed by atoms with van der Waals surface area (Å²) in [4.78, 5) is 19.1. The Balaban J connectivity index is 2.32. The van der Waals surface area contributed by atoms with E-state index in [1.165, 1.54) is 12.8 Å². The third-order valence-electron chi connectivity index (χ3n) is 3.29. The Hall–Kier alpha value is -1.36. The van der Waals surface area contributed by atoms with E-state index in [2.05, 4.69) is 30.7 Å². The fraction of sp³-hybridized carbons (Fsp3) is 0.571. The van der Waals surface area contributed by atoms with Gasteiger partial charge in [0.05, 0.1) is 0 Å². The molecule has 104 valence electrons. The number of hydrogen-bond donors (Lipinski definition) is 0. The van der Waals surface area contributed by atoms with Gasteiger partial charge in [0.2, 0.25) is 0 Å². The SMILES string of the molecule is CCCCCN(c1nc2sccn2c1C=O)C(C)C. The number of carbonyl (C=O) groups excluding carboxylic acids is 1. The molecule has 0 aliphatic rings. The zero-order valence-electron chi connectivity index (χ0n) is 11.8. The van der Waals surface area contributed by atoms with Crippen molar-refractivity contribution in [2.45, 2.75) is 46.1 Å². The second-order valence-corrected chi connectivity index (χ2v) is 5.86. The van der Waals surface area contributed by atoms with E-state index in [9.17, 15) is 4.79 Å². The summed E-state index contributed by atoms with van der Waals surface area (Å²) in [6.45, 7) is 7.45. The minimum absolute atomic E-state index is 0.347. The van der Waals surface area contributed by atoms with Crippen molar-refractivity contribution < 1.29 is 4.79 Å². The van der Waals surface area contributed by atoms with Crippen LogP contribution in [0.3, 0.4) is 0 Å². The van der Waals surface area contributed by atoms with Gasteiger partial charge in [-0.1, -0.05) is 19.8 Å². The monoisotopic (exact) mass is 279 g/mol. The second-order valence-electron chi connectivity index (χ2n) is 4.99. The van der Waals surface area contributed by atoms with Gasteiger partial charge in [0.1, 0.15) is 5.69 Å². The molecule has 0 amide bonds. The van der Waals surface area contributed by atoms with Crippen LogP contribution in [0.2, 0.25) is 0 Å². The number of unbranched alkanes of at least 4 members (excludes halogenated alkanes) is 2. The summed E-state index contributed by atoms with van der Waals surface area (Å²) in [5, 5.41) is 1.95. The molecule has 0 saturated carbocycles. The smallest absolute Gasteiger partial charge is 0.196 e. The molecule has 0 spiro atoms. The van der Waals surface area contributed by atoms with Crippen LogP contribution in [-0.4, -0.2) is 28.3 Å². The first-order valence-electron chi connectivity index (χ1n) is 6.86. The molecule has 4 nitrogen and oxygen atoms in total. The quantitative estimate of drug-likeness (QED) is 0.574. The minimum atomic E-state index is 0.347. The normalized spacial score (nSPS) is 11.4. The molecule has 2 aromatic rings. The van der Waals surface area contributed by atoms with E-state index < -0.39 is 0 Å². The van der Waals surface area contributed by atoms with Crippen LogP contribution in [-0.2, 0) is 0 Å². The summed E-state index contributed by atoms with van der Waals surface area (Å²) >= 11 is 1.56. The number of nitrogens with zero attached hydrogens (tertiary/aromatic N) is 3. The van der Waals surface area contributed by atoms with Crippen LogP contribution in [0.25, 0.3) is 4.96 Å². The van der Waals surface area contributed by atoms with Crippen molar-refractivity contribution in [1.82, 2.24) is 9.38 Å². The first-order chi connectivity index (χ1) is 9.19. The number of carbonyl (C=O) groups is 1. The predicted octanol–water partition coefficient (Wildman–Crippen LogP) is 3.61. The molecule has 2 aromatic heterocycles. The maximum absolute atomic E-state index is 11.4. The molecule has 19 heavy (non-hydrogen) atoms. The van der Waals surface area contributed by atoms with E-state index in [0.29, 0.717) is 11.7 Å². The Bertz CT molecular complexity index is 544. The molecule has 2 heterocycles. The van der Waals surface area contributed by atoms with Gasteiger partial charge in [-0.05, 0) is 20.3 Å². The highest BCUT2D eigenvalue weighted by Gasteiger charge is 2.20. The van der Waals surface area contributed by atoms with Crippen LogP contribution in [0.1, 0.15) is 50.5 Å². The molecule has 0 N–H and O–H groups in total. The number of aromatic nitrogens is 2. The molecule has 0 unspecified atom stereocenters. The highest BCUT2D eigenvalue weighted by molar-refractivity contribution is 7.15. The Morgan fingerprint density at radius 1 is 1.47 bits per heavy atom. The van der Waals surface area contributed by atoms with Gasteiger partial charge in [0.15, 0.2) is 17.1 Å². The number of anilines is 1. The van der Waals surface area contributed by atoms with Gasteiger partial charge in [-0.15, -0.1) is 11.3 Å². The number of thiazole rings is 1. The number of rotatable bonds is 7. The number of aldehydes is 1. The Morgan fingerprint density at radius 2 is 2.26 bits per heavy atom. The van der Waals surface area contributed by atoms with Crippen molar-refractivity contribution in [3.8, 4) is 0 Å². The first kappa shape index (κ1) is 14.1. The molecule has 5 heteroatoms. The van der Waals surface area contributed by atoms with Gasteiger partial charge in [-0.3, -0.25) is 9.20 Å². The van der Waals surface area contributed by atoms with E-state index >= 15 is 0 Å². The summed E-state index contributed by atoms with van der Waals surface area (Å²) in [6, 6.07) is 0.347. The zero-order chi connectivity index (χ0) is 13.8. The summed E-state index contributed by atoms with van der Waals surface area (Å²) in [6.07, 6.45) is 6.37. The van der Waals surface area contributed by atoms with Crippen molar-refractivity contribution in [2.75, 3.05) is 11.4 Å². The lowest BCUT2D eigenvalue weighted by molar-refractivity contribution is 0.111. The van der Waals surface area contributed by atoms with Gasteiger partial charge in [-0.2, -0.15) is 0 Å².